The molecule has 2 N–H and O–H groups in total. The normalized spacial score (nSPS) is 17.0. The zero-order valence-corrected chi connectivity index (χ0v) is 15.0. The van der Waals surface area contributed by atoms with Gasteiger partial charge in [-0.1, -0.05) is 5.16 Å². The van der Waals surface area contributed by atoms with E-state index in [4.69, 9.17) is 0 Å². The fourth-order valence-corrected chi connectivity index (χ4v) is 3.09. The average molecular weight is 360 g/mol. The van der Waals surface area contributed by atoms with Gasteiger partial charge in [-0.05, 0) is 19.2 Å². The maximum Gasteiger partial charge on any atom is 0.314 e. The van der Waals surface area contributed by atoms with Crippen molar-refractivity contribution in [2.45, 2.75) is 6.04 Å². The van der Waals surface area contributed by atoms with Crippen molar-refractivity contribution in [2.75, 3.05) is 45.1 Å². The minimum absolute atomic E-state index is 0.00694. The van der Waals surface area contributed by atoms with E-state index in [1.807, 2.05) is 29.9 Å². The first-order valence-electron chi connectivity index (χ1n) is 8.58. The molecule has 1 atom stereocenters. The quantitative estimate of drug-likeness (QED) is 0.732. The van der Waals surface area contributed by atoms with E-state index in [0.717, 1.165) is 31.9 Å². The summed E-state index contributed by atoms with van der Waals surface area (Å²) in [6, 6.07) is 5.51. The molecular formula is C17H24N6O3. The van der Waals surface area contributed by atoms with Gasteiger partial charge in [0.1, 0.15) is 6.26 Å². The molecule has 0 aromatic carbocycles. The van der Waals surface area contributed by atoms with Crippen LogP contribution in [0.25, 0.3) is 0 Å². The Morgan fingerprint density at radius 2 is 1.96 bits per heavy atom. The number of rotatable bonds is 5. The van der Waals surface area contributed by atoms with Crippen LogP contribution in [0.3, 0.4) is 0 Å². The number of aryl methyl sites for hydroxylation is 1. The van der Waals surface area contributed by atoms with Gasteiger partial charge in [-0.2, -0.15) is 0 Å². The molecule has 2 aromatic rings. The minimum atomic E-state index is -0.761. The molecule has 26 heavy (non-hydrogen) atoms. The lowest BCUT2D eigenvalue weighted by Crippen LogP contribution is -2.49. The van der Waals surface area contributed by atoms with Crippen LogP contribution in [0, 0.1) is 0 Å². The molecule has 0 bridgehead atoms. The molecule has 1 fully saturated rings. The highest BCUT2D eigenvalue weighted by atomic mass is 16.5. The summed E-state index contributed by atoms with van der Waals surface area (Å²) in [7, 11) is 4.09. The number of piperazine rings is 1. The Morgan fingerprint density at radius 1 is 1.19 bits per heavy atom. The van der Waals surface area contributed by atoms with Crippen LogP contribution in [0.5, 0.6) is 0 Å². The number of carbonyl (C=O) groups is 2. The third kappa shape index (κ3) is 4.30. The molecule has 0 radical (unpaired) electrons. The van der Waals surface area contributed by atoms with Crippen LogP contribution in [-0.4, -0.2) is 71.1 Å². The van der Waals surface area contributed by atoms with Gasteiger partial charge in [0.25, 0.3) is 0 Å². The van der Waals surface area contributed by atoms with Crippen LogP contribution < -0.4 is 10.6 Å². The van der Waals surface area contributed by atoms with Crippen LogP contribution in [0.4, 0.5) is 5.82 Å². The van der Waals surface area contributed by atoms with Crippen molar-refractivity contribution in [1.82, 2.24) is 24.8 Å². The average Bonchev–Trinajstić information content (AvgIpc) is 3.28. The standard InChI is InChI=1S/C17H24N6O3/c1-21-7-9-23(10-8-21)14(13-4-3-6-22(13)2)12-18-16(24)17(25)19-15-5-11-26-20-15/h3-6,11,14H,7-10,12H2,1-2H3,(H,18,24)(H,19,20,25)/t14-/m1/s1. The van der Waals surface area contributed by atoms with Crippen molar-refractivity contribution in [3.05, 3.63) is 36.4 Å². The molecule has 3 heterocycles. The number of anilines is 1. The molecule has 9 heteroatoms. The predicted octanol–water partition coefficient (Wildman–Crippen LogP) is 0.0565. The van der Waals surface area contributed by atoms with Crippen molar-refractivity contribution in [1.29, 1.82) is 0 Å². The molecule has 0 aliphatic carbocycles. The van der Waals surface area contributed by atoms with Crippen LogP contribution >= 0.6 is 0 Å². The van der Waals surface area contributed by atoms with Crippen molar-refractivity contribution >= 4 is 17.6 Å². The van der Waals surface area contributed by atoms with Gasteiger partial charge in [0.2, 0.25) is 0 Å². The monoisotopic (exact) mass is 360 g/mol. The second-order valence-electron chi connectivity index (χ2n) is 6.45. The second-order valence-corrected chi connectivity index (χ2v) is 6.45. The fourth-order valence-electron chi connectivity index (χ4n) is 3.09. The highest BCUT2D eigenvalue weighted by molar-refractivity contribution is 6.39. The lowest BCUT2D eigenvalue weighted by Gasteiger charge is -2.38. The smallest absolute Gasteiger partial charge is 0.314 e. The Bertz CT molecular complexity index is 734. The molecule has 0 unspecified atom stereocenters. The number of likely N-dealkylation sites (N-methyl/N-ethyl adjacent to an activating group) is 1. The van der Waals surface area contributed by atoms with E-state index in [9.17, 15) is 9.59 Å². The zero-order valence-electron chi connectivity index (χ0n) is 15.0. The van der Waals surface area contributed by atoms with E-state index >= 15 is 0 Å². The summed E-state index contributed by atoms with van der Waals surface area (Å²) >= 11 is 0. The number of carbonyl (C=O) groups excluding carboxylic acids is 2. The number of amides is 2. The maximum atomic E-state index is 12.1. The molecule has 0 spiro atoms. The van der Waals surface area contributed by atoms with Gasteiger partial charge in [-0.3, -0.25) is 19.8 Å². The first kappa shape index (κ1) is 18.2. The Hall–Kier alpha value is -2.65. The summed E-state index contributed by atoms with van der Waals surface area (Å²) in [6.45, 7) is 4.12. The molecule has 1 saturated heterocycles. The summed E-state index contributed by atoms with van der Waals surface area (Å²) in [6.07, 6.45) is 3.31. The van der Waals surface area contributed by atoms with E-state index in [-0.39, 0.29) is 11.9 Å². The molecule has 1 aliphatic rings. The second kappa shape index (κ2) is 8.15. The van der Waals surface area contributed by atoms with Gasteiger partial charge in [0.15, 0.2) is 5.82 Å². The van der Waals surface area contributed by atoms with E-state index < -0.39 is 11.8 Å². The van der Waals surface area contributed by atoms with E-state index in [1.165, 1.54) is 12.3 Å². The van der Waals surface area contributed by atoms with Gasteiger partial charge in [0.05, 0.1) is 6.04 Å². The van der Waals surface area contributed by atoms with E-state index in [1.54, 1.807) is 0 Å². The summed E-state index contributed by atoms with van der Waals surface area (Å²) in [5, 5.41) is 8.70. The number of nitrogens with zero attached hydrogens (tertiary/aromatic N) is 4. The van der Waals surface area contributed by atoms with Crippen LogP contribution in [-0.2, 0) is 16.6 Å². The Kier molecular flexibility index (Phi) is 5.69. The van der Waals surface area contributed by atoms with Gasteiger partial charge in [-0.15, -0.1) is 0 Å². The van der Waals surface area contributed by atoms with Crippen molar-refractivity contribution in [2.24, 2.45) is 7.05 Å². The first-order valence-corrected chi connectivity index (χ1v) is 8.58. The molecule has 140 valence electrons. The largest absolute Gasteiger partial charge is 0.363 e. The lowest BCUT2D eigenvalue weighted by molar-refractivity contribution is -0.136. The summed E-state index contributed by atoms with van der Waals surface area (Å²) in [4.78, 5) is 28.7. The topological polar surface area (TPSA) is 95.6 Å². The highest BCUT2D eigenvalue weighted by Crippen LogP contribution is 2.21. The van der Waals surface area contributed by atoms with Gasteiger partial charge in [-0.25, -0.2) is 0 Å². The SMILES string of the molecule is CN1CCN([C@H](CNC(=O)C(=O)Nc2ccon2)c2cccn2C)CC1. The summed E-state index contributed by atoms with van der Waals surface area (Å²) < 4.78 is 6.68. The number of hydrogen-bond acceptors (Lipinski definition) is 6. The van der Waals surface area contributed by atoms with Crippen LogP contribution in [0.2, 0.25) is 0 Å². The third-order valence-electron chi connectivity index (χ3n) is 4.65. The predicted molar refractivity (Wildman–Crippen MR) is 95.4 cm³/mol. The molecule has 9 nitrogen and oxygen atoms in total. The number of hydrogen-bond donors (Lipinski definition) is 2. The number of aromatic nitrogens is 2. The molecule has 3 rings (SSSR count). The van der Waals surface area contributed by atoms with E-state index in [0.29, 0.717) is 6.54 Å². The molecular weight excluding hydrogens is 336 g/mol. The van der Waals surface area contributed by atoms with Crippen LogP contribution in [0.1, 0.15) is 11.7 Å². The van der Waals surface area contributed by atoms with Crippen LogP contribution in [0.15, 0.2) is 35.2 Å². The van der Waals surface area contributed by atoms with Gasteiger partial charge >= 0.3 is 11.8 Å². The third-order valence-corrected chi connectivity index (χ3v) is 4.65. The van der Waals surface area contributed by atoms with Gasteiger partial charge in [0, 0.05) is 57.7 Å². The number of nitrogens with one attached hydrogen (secondary N) is 2. The maximum absolute atomic E-state index is 12.1. The molecule has 1 aliphatic heterocycles. The van der Waals surface area contributed by atoms with Crippen molar-refractivity contribution < 1.29 is 14.1 Å². The fraction of sp³-hybridized carbons (Fsp3) is 0.471. The molecule has 0 saturated carbocycles. The Balaban J connectivity index is 1.63. The Labute approximate surface area is 151 Å². The van der Waals surface area contributed by atoms with Crippen molar-refractivity contribution in [3.8, 4) is 0 Å². The summed E-state index contributed by atoms with van der Waals surface area (Å²) in [5.41, 5.74) is 1.10. The summed E-state index contributed by atoms with van der Waals surface area (Å²) in [5.74, 6) is -1.24. The first-order chi connectivity index (χ1) is 12.5. The van der Waals surface area contributed by atoms with Gasteiger partial charge < -0.3 is 19.3 Å². The minimum Gasteiger partial charge on any atom is -0.363 e. The van der Waals surface area contributed by atoms with E-state index in [2.05, 4.69) is 37.2 Å². The van der Waals surface area contributed by atoms with Crippen molar-refractivity contribution in [3.63, 3.8) is 0 Å². The lowest BCUT2D eigenvalue weighted by atomic mass is 10.1. The molecule has 2 amide bonds. The molecule has 2 aromatic heterocycles. The zero-order chi connectivity index (χ0) is 18.5. The highest BCUT2D eigenvalue weighted by Gasteiger charge is 2.27. The Morgan fingerprint density at radius 3 is 2.58 bits per heavy atom.